The molecule has 19 heavy (non-hydrogen) atoms. The lowest BCUT2D eigenvalue weighted by Crippen LogP contribution is -2.43. The molecule has 4 rings (SSSR count). The molecule has 0 bridgehead atoms. The highest BCUT2D eigenvalue weighted by molar-refractivity contribution is 5.88. The fraction of sp³-hybridized carbons (Fsp3) is 0.500. The molecule has 100 valence electrons. The van der Waals surface area contributed by atoms with Gasteiger partial charge in [-0.15, -0.1) is 0 Å². The zero-order chi connectivity index (χ0) is 12.8. The third kappa shape index (κ3) is 1.61. The molecule has 1 aromatic heterocycles. The molecule has 0 spiro atoms. The van der Waals surface area contributed by atoms with Crippen molar-refractivity contribution in [3.63, 3.8) is 0 Å². The van der Waals surface area contributed by atoms with E-state index in [0.717, 1.165) is 6.42 Å². The molecule has 0 saturated carbocycles. The maximum atomic E-state index is 5.73. The van der Waals surface area contributed by atoms with Crippen LogP contribution >= 0.6 is 0 Å². The maximum absolute atomic E-state index is 5.73. The normalized spacial score (nSPS) is 25.3. The number of nitrogens with one attached hydrogen (secondary N) is 1. The largest absolute Gasteiger partial charge is 0.414 e. The summed E-state index contributed by atoms with van der Waals surface area (Å²) in [7, 11) is 0. The van der Waals surface area contributed by atoms with Gasteiger partial charge in [-0.2, -0.15) is 4.73 Å². The van der Waals surface area contributed by atoms with Gasteiger partial charge in [-0.05, 0) is 49.9 Å². The van der Waals surface area contributed by atoms with Crippen LogP contribution in [-0.4, -0.2) is 23.9 Å². The van der Waals surface area contributed by atoms with Crippen molar-refractivity contribution in [2.75, 3.05) is 13.2 Å². The van der Waals surface area contributed by atoms with Gasteiger partial charge in [-0.1, -0.05) is 12.1 Å². The molecule has 2 aliphatic rings. The molecule has 2 aromatic rings. The number of benzene rings is 1. The average Bonchev–Trinajstić information content (AvgIpc) is 2.79. The summed E-state index contributed by atoms with van der Waals surface area (Å²) < 4.78 is 1.96. The minimum absolute atomic E-state index is 0.615. The first-order valence-corrected chi connectivity index (χ1v) is 7.38. The van der Waals surface area contributed by atoms with Gasteiger partial charge >= 0.3 is 0 Å². The van der Waals surface area contributed by atoms with Crippen molar-refractivity contribution < 1.29 is 4.84 Å². The first-order valence-electron chi connectivity index (χ1n) is 7.38. The van der Waals surface area contributed by atoms with Gasteiger partial charge in [0.2, 0.25) is 0 Å². The molecule has 1 aliphatic carbocycles. The zero-order valence-electron chi connectivity index (χ0n) is 11.4. The minimum atomic E-state index is 0.615. The number of piperidine rings is 1. The van der Waals surface area contributed by atoms with Crippen molar-refractivity contribution in [2.45, 2.75) is 38.1 Å². The average molecular weight is 256 g/mol. The van der Waals surface area contributed by atoms with E-state index in [1.54, 1.807) is 0 Å². The SMILES string of the molecule is CCOn1cc2c3c(cccc31)[C@H]1CCCN[C@@H]1C2. The second kappa shape index (κ2) is 4.27. The maximum Gasteiger partial charge on any atom is 0.112 e. The van der Waals surface area contributed by atoms with E-state index < -0.39 is 0 Å². The van der Waals surface area contributed by atoms with E-state index in [0.29, 0.717) is 18.6 Å². The summed E-state index contributed by atoms with van der Waals surface area (Å²) in [5.41, 5.74) is 4.20. The van der Waals surface area contributed by atoms with E-state index in [1.807, 2.05) is 11.7 Å². The summed E-state index contributed by atoms with van der Waals surface area (Å²) in [4.78, 5) is 5.73. The molecular formula is C16H20N2O. The third-order valence-corrected chi connectivity index (χ3v) is 4.60. The molecule has 2 heterocycles. The summed E-state index contributed by atoms with van der Waals surface area (Å²) >= 11 is 0. The highest BCUT2D eigenvalue weighted by atomic mass is 16.7. The van der Waals surface area contributed by atoms with Crippen LogP contribution in [-0.2, 0) is 6.42 Å². The molecule has 1 aromatic carbocycles. The molecule has 1 N–H and O–H groups in total. The van der Waals surface area contributed by atoms with Crippen LogP contribution in [0.5, 0.6) is 0 Å². The van der Waals surface area contributed by atoms with Crippen molar-refractivity contribution in [1.82, 2.24) is 10.0 Å². The van der Waals surface area contributed by atoms with Crippen LogP contribution in [0, 0.1) is 0 Å². The van der Waals surface area contributed by atoms with Crippen LogP contribution in [0.15, 0.2) is 24.4 Å². The standard InChI is InChI=1S/C16H20N2O/c1-2-19-18-10-11-9-14-12(6-4-8-17-14)13-5-3-7-15(18)16(11)13/h3,5,7,10,12,14,17H,2,4,6,8-9H2,1H3/t12-,14-/m1/s1. The Morgan fingerprint density at radius 1 is 1.42 bits per heavy atom. The molecule has 0 amide bonds. The molecule has 2 atom stereocenters. The van der Waals surface area contributed by atoms with Gasteiger partial charge in [0.25, 0.3) is 0 Å². The molecule has 1 saturated heterocycles. The van der Waals surface area contributed by atoms with Gasteiger partial charge in [0.05, 0.1) is 5.52 Å². The number of fused-ring (bicyclic) bond motifs is 2. The Morgan fingerprint density at radius 3 is 3.26 bits per heavy atom. The summed E-state index contributed by atoms with van der Waals surface area (Å²) in [5.74, 6) is 0.683. The Hall–Kier alpha value is -1.48. The van der Waals surface area contributed by atoms with Gasteiger partial charge in [0, 0.05) is 23.5 Å². The van der Waals surface area contributed by atoms with Crippen molar-refractivity contribution in [3.05, 3.63) is 35.5 Å². The predicted molar refractivity (Wildman–Crippen MR) is 76.5 cm³/mol. The topological polar surface area (TPSA) is 26.2 Å². The van der Waals surface area contributed by atoms with E-state index in [2.05, 4.69) is 29.7 Å². The highest BCUT2D eigenvalue weighted by Gasteiger charge is 2.33. The Labute approximate surface area is 113 Å². The van der Waals surface area contributed by atoms with E-state index >= 15 is 0 Å². The van der Waals surface area contributed by atoms with Gasteiger partial charge in [-0.3, -0.25) is 0 Å². The van der Waals surface area contributed by atoms with Crippen LogP contribution in [0.4, 0.5) is 0 Å². The lowest BCUT2D eigenvalue weighted by atomic mass is 9.76. The summed E-state index contributed by atoms with van der Waals surface area (Å²) in [6.45, 7) is 3.91. The first-order chi connectivity index (χ1) is 9.38. The highest BCUT2D eigenvalue weighted by Crippen LogP contribution is 2.41. The summed E-state index contributed by atoms with van der Waals surface area (Å²) in [5, 5.41) is 5.14. The molecule has 0 unspecified atom stereocenters. The minimum Gasteiger partial charge on any atom is -0.414 e. The van der Waals surface area contributed by atoms with Crippen molar-refractivity contribution >= 4 is 10.9 Å². The summed E-state index contributed by atoms with van der Waals surface area (Å²) in [6.07, 6.45) is 5.93. The molecule has 0 radical (unpaired) electrons. The monoisotopic (exact) mass is 256 g/mol. The fourth-order valence-corrected chi connectivity index (χ4v) is 3.85. The Balaban J connectivity index is 1.91. The smallest absolute Gasteiger partial charge is 0.112 e. The number of nitrogens with zero attached hydrogens (tertiary/aromatic N) is 1. The van der Waals surface area contributed by atoms with Crippen LogP contribution in [0.3, 0.4) is 0 Å². The third-order valence-electron chi connectivity index (χ3n) is 4.60. The van der Waals surface area contributed by atoms with Crippen molar-refractivity contribution in [2.24, 2.45) is 0 Å². The van der Waals surface area contributed by atoms with Gasteiger partial charge in [0.15, 0.2) is 0 Å². The van der Waals surface area contributed by atoms with Crippen LogP contribution in [0.2, 0.25) is 0 Å². The van der Waals surface area contributed by atoms with Crippen molar-refractivity contribution in [1.29, 1.82) is 0 Å². The first kappa shape index (κ1) is 11.4. The Morgan fingerprint density at radius 2 is 2.37 bits per heavy atom. The second-order valence-corrected chi connectivity index (χ2v) is 5.65. The second-order valence-electron chi connectivity index (χ2n) is 5.65. The molecule has 1 fully saturated rings. The van der Waals surface area contributed by atoms with E-state index in [1.165, 1.54) is 41.4 Å². The van der Waals surface area contributed by atoms with Gasteiger partial charge < -0.3 is 10.2 Å². The molecule has 1 aliphatic heterocycles. The predicted octanol–water partition coefficient (Wildman–Crippen LogP) is 2.48. The number of rotatable bonds is 2. The molecular weight excluding hydrogens is 236 g/mol. The lowest BCUT2D eigenvalue weighted by Gasteiger charge is -2.36. The summed E-state index contributed by atoms with van der Waals surface area (Å²) in [6, 6.07) is 7.28. The molecule has 3 heteroatoms. The zero-order valence-corrected chi connectivity index (χ0v) is 11.4. The van der Waals surface area contributed by atoms with E-state index in [9.17, 15) is 0 Å². The van der Waals surface area contributed by atoms with Crippen molar-refractivity contribution in [3.8, 4) is 0 Å². The van der Waals surface area contributed by atoms with E-state index in [4.69, 9.17) is 4.84 Å². The van der Waals surface area contributed by atoms with E-state index in [-0.39, 0.29) is 0 Å². The van der Waals surface area contributed by atoms with Gasteiger partial charge in [-0.25, -0.2) is 0 Å². The lowest BCUT2D eigenvalue weighted by molar-refractivity contribution is 0.132. The Bertz CT molecular complexity index is 616. The molecule has 3 nitrogen and oxygen atoms in total. The quantitative estimate of drug-likeness (QED) is 0.893. The van der Waals surface area contributed by atoms with Gasteiger partial charge in [0.1, 0.15) is 6.61 Å². The van der Waals surface area contributed by atoms with Crippen LogP contribution in [0.25, 0.3) is 10.9 Å². The number of aromatic nitrogens is 1. The van der Waals surface area contributed by atoms with Crippen LogP contribution < -0.4 is 10.2 Å². The van der Waals surface area contributed by atoms with Crippen LogP contribution in [0.1, 0.15) is 36.8 Å². The number of hydrogen-bond acceptors (Lipinski definition) is 2. The fourth-order valence-electron chi connectivity index (χ4n) is 3.85. The Kier molecular flexibility index (Phi) is 2.55. The number of hydrogen-bond donors (Lipinski definition) is 1.